The lowest BCUT2D eigenvalue weighted by molar-refractivity contribution is -0.140. The normalized spacial score (nSPS) is 17.8. The van der Waals surface area contributed by atoms with E-state index in [1.807, 2.05) is 6.92 Å². The molecule has 2 amide bonds. The molecule has 1 atom stereocenters. The maximum atomic E-state index is 12.9. The van der Waals surface area contributed by atoms with Crippen LogP contribution in [0.25, 0.3) is 0 Å². The first-order valence-corrected chi connectivity index (χ1v) is 8.94. The van der Waals surface area contributed by atoms with Crippen LogP contribution in [-0.4, -0.2) is 35.3 Å². The summed E-state index contributed by atoms with van der Waals surface area (Å²) < 4.78 is 12.9. The number of carbonyl (C=O) groups excluding carboxylic acids is 2. The van der Waals surface area contributed by atoms with Crippen LogP contribution in [0, 0.1) is 11.7 Å². The van der Waals surface area contributed by atoms with Crippen molar-refractivity contribution in [2.45, 2.75) is 51.6 Å². The lowest BCUT2D eigenvalue weighted by Gasteiger charge is -2.36. The average Bonchev–Trinajstić information content (AvgIpc) is 2.60. The van der Waals surface area contributed by atoms with Crippen LogP contribution in [0.5, 0.6) is 0 Å². The van der Waals surface area contributed by atoms with Crippen LogP contribution in [0.15, 0.2) is 24.3 Å². The van der Waals surface area contributed by atoms with E-state index < -0.39 is 5.54 Å². The summed E-state index contributed by atoms with van der Waals surface area (Å²) >= 11 is 0. The van der Waals surface area contributed by atoms with E-state index in [0.29, 0.717) is 38.9 Å². The predicted octanol–water partition coefficient (Wildman–Crippen LogP) is 2.20. The first-order chi connectivity index (χ1) is 11.8. The molecule has 2 rings (SSSR count). The molecular weight excluding hydrogens is 321 g/mol. The highest BCUT2D eigenvalue weighted by Crippen LogP contribution is 2.21. The lowest BCUT2D eigenvalue weighted by atomic mass is 9.91. The molecule has 25 heavy (non-hydrogen) atoms. The Bertz CT molecular complexity index is 593. The number of halogens is 1. The minimum absolute atomic E-state index is 0.0134. The Balaban J connectivity index is 1.80. The number of nitrogens with zero attached hydrogens (tertiary/aromatic N) is 1. The van der Waals surface area contributed by atoms with Crippen LogP contribution >= 0.6 is 0 Å². The standard InChI is InChI=1S/C19H28FN3O2/c1-3-10-19(2,21)18(25)23-11-8-15(9-12-23)17(24)22-13-14-4-6-16(20)7-5-14/h4-7,15H,3,8-13,21H2,1-2H3,(H,22,24). The predicted molar refractivity (Wildman–Crippen MR) is 95.1 cm³/mol. The van der Waals surface area contributed by atoms with E-state index in [9.17, 15) is 14.0 Å². The Morgan fingerprint density at radius 2 is 1.88 bits per heavy atom. The topological polar surface area (TPSA) is 75.4 Å². The third kappa shape index (κ3) is 5.26. The van der Waals surface area contributed by atoms with Crippen molar-refractivity contribution in [2.75, 3.05) is 13.1 Å². The molecule has 0 saturated carbocycles. The van der Waals surface area contributed by atoms with Crippen molar-refractivity contribution in [1.82, 2.24) is 10.2 Å². The van der Waals surface area contributed by atoms with Crippen molar-refractivity contribution in [1.29, 1.82) is 0 Å². The van der Waals surface area contributed by atoms with E-state index in [0.717, 1.165) is 12.0 Å². The van der Waals surface area contributed by atoms with Gasteiger partial charge in [-0.1, -0.05) is 25.5 Å². The van der Waals surface area contributed by atoms with Gasteiger partial charge in [-0.3, -0.25) is 9.59 Å². The molecular formula is C19H28FN3O2. The minimum atomic E-state index is -0.827. The summed E-state index contributed by atoms with van der Waals surface area (Å²) in [6.07, 6.45) is 2.80. The third-order valence-corrected chi connectivity index (χ3v) is 4.79. The van der Waals surface area contributed by atoms with Crippen molar-refractivity contribution >= 4 is 11.8 Å². The van der Waals surface area contributed by atoms with E-state index in [1.54, 1.807) is 24.0 Å². The summed E-state index contributed by atoms with van der Waals surface area (Å²) in [5.41, 5.74) is 6.16. The van der Waals surface area contributed by atoms with Crippen LogP contribution in [0.3, 0.4) is 0 Å². The maximum absolute atomic E-state index is 12.9. The molecule has 3 N–H and O–H groups in total. The first kappa shape index (κ1) is 19.4. The number of nitrogens with two attached hydrogens (primary N) is 1. The van der Waals surface area contributed by atoms with E-state index in [4.69, 9.17) is 5.73 Å². The van der Waals surface area contributed by atoms with Gasteiger partial charge >= 0.3 is 0 Å². The van der Waals surface area contributed by atoms with Crippen LogP contribution < -0.4 is 11.1 Å². The van der Waals surface area contributed by atoms with E-state index in [-0.39, 0.29) is 23.5 Å². The summed E-state index contributed by atoms with van der Waals surface area (Å²) in [5, 5.41) is 2.89. The van der Waals surface area contributed by atoms with Crippen LogP contribution in [0.4, 0.5) is 4.39 Å². The van der Waals surface area contributed by atoms with Gasteiger partial charge in [-0.05, 0) is 43.9 Å². The van der Waals surface area contributed by atoms with E-state index >= 15 is 0 Å². The van der Waals surface area contributed by atoms with Crippen LogP contribution in [-0.2, 0) is 16.1 Å². The number of benzene rings is 1. The highest BCUT2D eigenvalue weighted by molar-refractivity contribution is 5.86. The molecule has 1 aliphatic heterocycles. The minimum Gasteiger partial charge on any atom is -0.352 e. The monoisotopic (exact) mass is 349 g/mol. The zero-order chi connectivity index (χ0) is 18.4. The van der Waals surface area contributed by atoms with Crippen LogP contribution in [0.1, 0.15) is 45.1 Å². The molecule has 0 aliphatic carbocycles. The molecule has 1 aromatic rings. The Kier molecular flexibility index (Phi) is 6.53. The second-order valence-corrected chi connectivity index (χ2v) is 7.08. The van der Waals surface area contributed by atoms with Gasteiger partial charge in [0.15, 0.2) is 0 Å². The van der Waals surface area contributed by atoms with Crippen LogP contribution in [0.2, 0.25) is 0 Å². The number of amides is 2. The number of hydrogen-bond acceptors (Lipinski definition) is 3. The quantitative estimate of drug-likeness (QED) is 0.827. The number of carbonyl (C=O) groups is 2. The highest BCUT2D eigenvalue weighted by atomic mass is 19.1. The Morgan fingerprint density at radius 1 is 1.28 bits per heavy atom. The van der Waals surface area contributed by atoms with Crippen molar-refractivity contribution in [2.24, 2.45) is 11.7 Å². The highest BCUT2D eigenvalue weighted by Gasteiger charge is 2.35. The second kappa shape index (κ2) is 8.43. The number of rotatable bonds is 6. The molecule has 1 heterocycles. The molecule has 1 unspecified atom stereocenters. The number of piperidine rings is 1. The fraction of sp³-hybridized carbons (Fsp3) is 0.579. The fourth-order valence-corrected chi connectivity index (χ4v) is 3.27. The summed E-state index contributed by atoms with van der Waals surface area (Å²) in [6.45, 7) is 5.29. The van der Waals surface area contributed by atoms with Gasteiger partial charge in [-0.15, -0.1) is 0 Å². The Labute approximate surface area is 148 Å². The fourth-order valence-electron chi connectivity index (χ4n) is 3.27. The van der Waals surface area contributed by atoms with Gasteiger partial charge in [-0.2, -0.15) is 0 Å². The number of likely N-dealkylation sites (tertiary alicyclic amines) is 1. The zero-order valence-electron chi connectivity index (χ0n) is 15.1. The number of hydrogen-bond donors (Lipinski definition) is 2. The molecule has 0 bridgehead atoms. The average molecular weight is 349 g/mol. The second-order valence-electron chi connectivity index (χ2n) is 7.08. The lowest BCUT2D eigenvalue weighted by Crippen LogP contribution is -2.55. The third-order valence-electron chi connectivity index (χ3n) is 4.79. The molecule has 0 radical (unpaired) electrons. The molecule has 138 valence electrons. The van der Waals surface area contributed by atoms with Crippen molar-refractivity contribution in [3.8, 4) is 0 Å². The summed E-state index contributed by atoms with van der Waals surface area (Å²) in [5.74, 6) is -0.429. The molecule has 1 fully saturated rings. The largest absolute Gasteiger partial charge is 0.352 e. The summed E-state index contributed by atoms with van der Waals surface area (Å²) in [4.78, 5) is 26.6. The SMILES string of the molecule is CCCC(C)(N)C(=O)N1CCC(C(=O)NCc2ccc(F)cc2)CC1. The Morgan fingerprint density at radius 3 is 2.44 bits per heavy atom. The smallest absolute Gasteiger partial charge is 0.242 e. The number of nitrogens with one attached hydrogen (secondary N) is 1. The summed E-state index contributed by atoms with van der Waals surface area (Å²) in [6, 6.07) is 6.08. The van der Waals surface area contributed by atoms with Crippen molar-refractivity contribution in [3.05, 3.63) is 35.6 Å². The molecule has 1 aliphatic rings. The Hall–Kier alpha value is -1.95. The van der Waals surface area contributed by atoms with Gasteiger partial charge in [0.05, 0.1) is 5.54 Å². The molecule has 0 aromatic heterocycles. The van der Waals surface area contributed by atoms with Crippen molar-refractivity contribution < 1.29 is 14.0 Å². The van der Waals surface area contributed by atoms with Crippen molar-refractivity contribution in [3.63, 3.8) is 0 Å². The maximum Gasteiger partial charge on any atom is 0.242 e. The van der Waals surface area contributed by atoms with Gasteiger partial charge in [0.25, 0.3) is 0 Å². The van der Waals surface area contributed by atoms with E-state index in [1.165, 1.54) is 12.1 Å². The summed E-state index contributed by atoms with van der Waals surface area (Å²) in [7, 11) is 0. The molecule has 5 nitrogen and oxygen atoms in total. The van der Waals surface area contributed by atoms with Gasteiger partial charge in [-0.25, -0.2) is 4.39 Å². The van der Waals surface area contributed by atoms with Gasteiger partial charge in [0.1, 0.15) is 5.82 Å². The first-order valence-electron chi connectivity index (χ1n) is 8.94. The van der Waals surface area contributed by atoms with E-state index in [2.05, 4.69) is 5.32 Å². The molecule has 0 spiro atoms. The van der Waals surface area contributed by atoms with Gasteiger partial charge < -0.3 is 16.0 Å². The van der Waals surface area contributed by atoms with Gasteiger partial charge in [0.2, 0.25) is 11.8 Å². The molecule has 1 saturated heterocycles. The van der Waals surface area contributed by atoms with Gasteiger partial charge in [0, 0.05) is 25.6 Å². The molecule has 6 heteroatoms. The zero-order valence-corrected chi connectivity index (χ0v) is 15.1. The molecule has 1 aromatic carbocycles.